The average molecular weight is 610 g/mol. The summed E-state index contributed by atoms with van der Waals surface area (Å²) in [6.07, 6.45) is 37.6. The van der Waals surface area contributed by atoms with Crippen LogP contribution in [-0.2, 0) is 4.79 Å². The molecule has 0 aliphatic heterocycles. The van der Waals surface area contributed by atoms with Crippen molar-refractivity contribution in [1.29, 1.82) is 0 Å². The average Bonchev–Trinajstić information content (AvgIpc) is 3.00. The number of amides is 1. The van der Waals surface area contributed by atoms with Gasteiger partial charge in [-0.3, -0.25) is 4.79 Å². The maximum atomic E-state index is 12.4. The van der Waals surface area contributed by atoms with Crippen molar-refractivity contribution in [3.63, 3.8) is 0 Å². The lowest BCUT2D eigenvalue weighted by Crippen LogP contribution is -2.45. The van der Waals surface area contributed by atoms with Crippen LogP contribution in [-0.4, -0.2) is 46.1 Å². The quantitative estimate of drug-likeness (QED) is 0.0432. The summed E-state index contributed by atoms with van der Waals surface area (Å²) >= 11 is 0. The molecule has 5 heteroatoms. The summed E-state index contributed by atoms with van der Waals surface area (Å²) in [6, 6.07) is -0.737. The zero-order valence-electron chi connectivity index (χ0n) is 28.8. The lowest BCUT2D eigenvalue weighted by molar-refractivity contribution is -0.124. The monoisotopic (exact) mass is 610 g/mol. The standard InChI is InChI=1S/C38H75NO4/c1-3-5-7-9-11-13-15-17-18-20-22-24-26-28-30-32-37(42)36(34-40)39-38(43)33-35(41)31-29-27-25-23-21-19-16-14-12-10-8-6-4-2/h30,32,35-37,40-42H,3-29,31,33-34H2,1-2H3,(H,39,43)/b32-30+. The second-order valence-corrected chi connectivity index (χ2v) is 13.2. The summed E-state index contributed by atoms with van der Waals surface area (Å²) in [6.45, 7) is 4.20. The number of unbranched alkanes of at least 4 members (excludes halogenated alkanes) is 25. The molecule has 0 aromatic carbocycles. The normalized spacial score (nSPS) is 13.9. The Hall–Kier alpha value is -0.910. The molecule has 0 aromatic heterocycles. The highest BCUT2D eigenvalue weighted by molar-refractivity contribution is 5.76. The van der Waals surface area contributed by atoms with Gasteiger partial charge in [-0.25, -0.2) is 0 Å². The van der Waals surface area contributed by atoms with Crippen molar-refractivity contribution in [1.82, 2.24) is 5.32 Å². The Morgan fingerprint density at radius 3 is 1.35 bits per heavy atom. The highest BCUT2D eigenvalue weighted by Gasteiger charge is 2.20. The maximum absolute atomic E-state index is 12.4. The zero-order chi connectivity index (χ0) is 31.6. The molecule has 0 heterocycles. The largest absolute Gasteiger partial charge is 0.394 e. The molecular weight excluding hydrogens is 534 g/mol. The second kappa shape index (κ2) is 34.0. The molecule has 4 N–H and O–H groups in total. The number of hydrogen-bond acceptors (Lipinski definition) is 4. The van der Waals surface area contributed by atoms with E-state index in [0.717, 1.165) is 25.7 Å². The van der Waals surface area contributed by atoms with Crippen LogP contribution in [0.1, 0.15) is 200 Å². The Morgan fingerprint density at radius 2 is 0.953 bits per heavy atom. The van der Waals surface area contributed by atoms with E-state index in [1.54, 1.807) is 6.08 Å². The summed E-state index contributed by atoms with van der Waals surface area (Å²) in [7, 11) is 0. The van der Waals surface area contributed by atoms with E-state index in [0.29, 0.717) is 6.42 Å². The highest BCUT2D eigenvalue weighted by atomic mass is 16.3. The molecule has 0 saturated heterocycles. The minimum Gasteiger partial charge on any atom is -0.394 e. The van der Waals surface area contributed by atoms with Gasteiger partial charge in [0.25, 0.3) is 0 Å². The SMILES string of the molecule is CCCCCCCCCCCCCCC/C=C/C(O)C(CO)NC(=O)CC(O)CCCCCCCCCCCCCCC. The number of aliphatic hydroxyl groups is 3. The van der Waals surface area contributed by atoms with Crippen molar-refractivity contribution in [3.8, 4) is 0 Å². The molecule has 0 bridgehead atoms. The van der Waals surface area contributed by atoms with Crippen LogP contribution in [0.4, 0.5) is 0 Å². The number of nitrogens with one attached hydrogen (secondary N) is 1. The van der Waals surface area contributed by atoms with Crippen molar-refractivity contribution in [3.05, 3.63) is 12.2 Å². The molecule has 3 atom stereocenters. The van der Waals surface area contributed by atoms with Gasteiger partial charge in [0.2, 0.25) is 5.91 Å². The van der Waals surface area contributed by atoms with Crippen LogP contribution in [0.25, 0.3) is 0 Å². The molecule has 5 nitrogen and oxygen atoms in total. The smallest absolute Gasteiger partial charge is 0.222 e. The van der Waals surface area contributed by atoms with E-state index in [9.17, 15) is 20.1 Å². The van der Waals surface area contributed by atoms with E-state index in [1.807, 2.05) is 6.08 Å². The highest BCUT2D eigenvalue weighted by Crippen LogP contribution is 2.15. The molecule has 0 aliphatic rings. The van der Waals surface area contributed by atoms with E-state index >= 15 is 0 Å². The van der Waals surface area contributed by atoms with Crippen molar-refractivity contribution >= 4 is 5.91 Å². The van der Waals surface area contributed by atoms with E-state index in [2.05, 4.69) is 19.2 Å². The summed E-state index contributed by atoms with van der Waals surface area (Å²) < 4.78 is 0. The van der Waals surface area contributed by atoms with Crippen LogP contribution in [0.2, 0.25) is 0 Å². The minimum absolute atomic E-state index is 0.0180. The van der Waals surface area contributed by atoms with E-state index in [1.165, 1.54) is 148 Å². The van der Waals surface area contributed by atoms with Gasteiger partial charge in [0, 0.05) is 0 Å². The van der Waals surface area contributed by atoms with Gasteiger partial charge in [0.1, 0.15) is 0 Å². The first-order chi connectivity index (χ1) is 21.0. The van der Waals surface area contributed by atoms with Crippen LogP contribution in [0.5, 0.6) is 0 Å². The molecular formula is C38H75NO4. The van der Waals surface area contributed by atoms with Gasteiger partial charge in [-0.2, -0.15) is 0 Å². The summed E-state index contributed by atoms with van der Waals surface area (Å²) in [5, 5.41) is 33.0. The molecule has 0 radical (unpaired) electrons. The van der Waals surface area contributed by atoms with Gasteiger partial charge in [0.05, 0.1) is 31.3 Å². The van der Waals surface area contributed by atoms with Crippen molar-refractivity contribution in [2.45, 2.75) is 218 Å². The zero-order valence-corrected chi connectivity index (χ0v) is 28.8. The summed E-state index contributed by atoms with van der Waals surface area (Å²) in [5.41, 5.74) is 0. The van der Waals surface area contributed by atoms with E-state index < -0.39 is 18.2 Å². The third kappa shape index (κ3) is 30.9. The predicted octanol–water partition coefficient (Wildman–Crippen LogP) is 10.1. The lowest BCUT2D eigenvalue weighted by atomic mass is 10.0. The Bertz CT molecular complexity index is 596. The van der Waals surface area contributed by atoms with Crippen molar-refractivity contribution < 1.29 is 20.1 Å². The van der Waals surface area contributed by atoms with Crippen LogP contribution in [0.3, 0.4) is 0 Å². The fourth-order valence-electron chi connectivity index (χ4n) is 5.87. The van der Waals surface area contributed by atoms with Gasteiger partial charge in [-0.15, -0.1) is 0 Å². The fourth-order valence-corrected chi connectivity index (χ4v) is 5.87. The molecule has 0 aliphatic carbocycles. The Morgan fingerprint density at radius 1 is 0.581 bits per heavy atom. The number of carbonyl (C=O) groups excluding carboxylic acids is 1. The van der Waals surface area contributed by atoms with Crippen molar-refractivity contribution in [2.24, 2.45) is 0 Å². The third-order valence-electron chi connectivity index (χ3n) is 8.82. The van der Waals surface area contributed by atoms with Crippen molar-refractivity contribution in [2.75, 3.05) is 6.61 Å². The predicted molar refractivity (Wildman–Crippen MR) is 185 cm³/mol. The maximum Gasteiger partial charge on any atom is 0.222 e. The van der Waals surface area contributed by atoms with Gasteiger partial charge in [-0.1, -0.05) is 187 Å². The van der Waals surface area contributed by atoms with Gasteiger partial charge in [-0.05, 0) is 19.3 Å². The Labute approximate surface area is 268 Å². The van der Waals surface area contributed by atoms with E-state index in [4.69, 9.17) is 0 Å². The number of carbonyl (C=O) groups is 1. The number of hydrogen-bond donors (Lipinski definition) is 4. The molecule has 0 rings (SSSR count). The second-order valence-electron chi connectivity index (χ2n) is 13.2. The van der Waals surface area contributed by atoms with Crippen LogP contribution < -0.4 is 5.32 Å². The number of rotatable bonds is 34. The van der Waals surface area contributed by atoms with Gasteiger partial charge >= 0.3 is 0 Å². The Balaban J connectivity index is 3.71. The Kier molecular flexibility index (Phi) is 33.3. The first-order valence-corrected chi connectivity index (χ1v) is 19.0. The molecule has 0 fully saturated rings. The molecule has 0 saturated carbocycles. The van der Waals surface area contributed by atoms with Crippen LogP contribution >= 0.6 is 0 Å². The minimum atomic E-state index is -0.922. The number of aliphatic hydroxyl groups excluding tert-OH is 3. The first-order valence-electron chi connectivity index (χ1n) is 19.0. The summed E-state index contributed by atoms with van der Waals surface area (Å²) in [4.78, 5) is 12.4. The molecule has 3 unspecified atom stereocenters. The molecule has 0 aromatic rings. The van der Waals surface area contributed by atoms with Crippen LogP contribution in [0.15, 0.2) is 12.2 Å². The van der Waals surface area contributed by atoms with Crippen LogP contribution in [0, 0.1) is 0 Å². The van der Waals surface area contributed by atoms with Gasteiger partial charge < -0.3 is 20.6 Å². The fraction of sp³-hybridized carbons (Fsp3) is 0.921. The molecule has 0 spiro atoms. The molecule has 1 amide bonds. The topological polar surface area (TPSA) is 89.8 Å². The third-order valence-corrected chi connectivity index (χ3v) is 8.82. The lowest BCUT2D eigenvalue weighted by Gasteiger charge is -2.21. The first kappa shape index (κ1) is 42.1. The summed E-state index contributed by atoms with van der Waals surface area (Å²) in [5.74, 6) is -0.315. The van der Waals surface area contributed by atoms with E-state index in [-0.39, 0.29) is 18.9 Å². The van der Waals surface area contributed by atoms with Gasteiger partial charge in [0.15, 0.2) is 0 Å². The molecule has 256 valence electrons. The molecule has 43 heavy (non-hydrogen) atoms. The number of allylic oxidation sites excluding steroid dienone is 1.